The molecule has 0 radical (unpaired) electrons. The summed E-state index contributed by atoms with van der Waals surface area (Å²) in [6, 6.07) is 0. The number of sulfonamides is 1. The molecule has 0 aliphatic carbocycles. The lowest BCUT2D eigenvalue weighted by atomic mass is 10.6. The third-order valence-corrected chi connectivity index (χ3v) is 3.68. The zero-order chi connectivity index (χ0) is 11.9. The van der Waals surface area contributed by atoms with Crippen molar-refractivity contribution in [3.8, 4) is 0 Å². The number of alkyl halides is 2. The Labute approximate surface area is 99.3 Å². The average molecular weight is 278 g/mol. The second-order valence-electron chi connectivity index (χ2n) is 2.61. The first-order chi connectivity index (χ1) is 6.97. The molecule has 0 fully saturated rings. The van der Waals surface area contributed by atoms with Crippen molar-refractivity contribution in [2.75, 3.05) is 37.7 Å². The van der Waals surface area contributed by atoms with Gasteiger partial charge in [-0.2, -0.15) is 4.31 Å². The summed E-state index contributed by atoms with van der Waals surface area (Å²) in [4.78, 5) is 10.8. The number of methoxy groups -OCH3 is 1. The van der Waals surface area contributed by atoms with Crippen LogP contribution in [0, 0.1) is 0 Å². The SMILES string of the molecule is COC(=O)CS(=O)(=O)N(CCCl)CCCl. The van der Waals surface area contributed by atoms with Crippen molar-refractivity contribution in [3.05, 3.63) is 0 Å². The molecule has 90 valence electrons. The molecule has 0 aliphatic rings. The predicted molar refractivity (Wildman–Crippen MR) is 58.8 cm³/mol. The third kappa shape index (κ3) is 5.55. The summed E-state index contributed by atoms with van der Waals surface area (Å²) in [5.41, 5.74) is 0. The normalized spacial score (nSPS) is 11.7. The predicted octanol–water partition coefficient (Wildman–Crippen LogP) is 0.269. The minimum atomic E-state index is -3.67. The summed E-state index contributed by atoms with van der Waals surface area (Å²) in [7, 11) is -2.54. The second-order valence-corrected chi connectivity index (χ2v) is 5.33. The fourth-order valence-electron chi connectivity index (χ4n) is 0.878. The van der Waals surface area contributed by atoms with Gasteiger partial charge in [-0.05, 0) is 0 Å². The van der Waals surface area contributed by atoms with Crippen LogP contribution in [0.1, 0.15) is 0 Å². The summed E-state index contributed by atoms with van der Waals surface area (Å²) >= 11 is 10.9. The van der Waals surface area contributed by atoms with Gasteiger partial charge in [-0.1, -0.05) is 0 Å². The van der Waals surface area contributed by atoms with Gasteiger partial charge < -0.3 is 4.74 Å². The molecule has 0 aliphatic heterocycles. The summed E-state index contributed by atoms with van der Waals surface area (Å²) in [5, 5.41) is 0. The molecular formula is C7H13Cl2NO4S. The van der Waals surface area contributed by atoms with Gasteiger partial charge in [0.05, 0.1) is 7.11 Å². The van der Waals surface area contributed by atoms with E-state index in [4.69, 9.17) is 23.2 Å². The van der Waals surface area contributed by atoms with E-state index in [1.807, 2.05) is 0 Å². The number of rotatable bonds is 7. The Morgan fingerprint density at radius 3 is 2.07 bits per heavy atom. The van der Waals surface area contributed by atoms with Crippen molar-refractivity contribution in [2.45, 2.75) is 0 Å². The Morgan fingerprint density at radius 2 is 1.73 bits per heavy atom. The third-order valence-electron chi connectivity index (χ3n) is 1.59. The fraction of sp³-hybridized carbons (Fsp3) is 0.857. The summed E-state index contributed by atoms with van der Waals surface area (Å²) in [6.07, 6.45) is 0. The van der Waals surface area contributed by atoms with Gasteiger partial charge in [0, 0.05) is 24.8 Å². The van der Waals surface area contributed by atoms with Crippen molar-refractivity contribution in [2.24, 2.45) is 0 Å². The maximum atomic E-state index is 11.6. The maximum absolute atomic E-state index is 11.6. The van der Waals surface area contributed by atoms with Gasteiger partial charge in [0.25, 0.3) is 0 Å². The molecule has 0 unspecified atom stereocenters. The van der Waals surface area contributed by atoms with Crippen LogP contribution in [0.3, 0.4) is 0 Å². The topological polar surface area (TPSA) is 63.7 Å². The minimum Gasteiger partial charge on any atom is -0.468 e. The Bertz CT molecular complexity index is 287. The van der Waals surface area contributed by atoms with Crippen LogP contribution < -0.4 is 0 Å². The lowest BCUT2D eigenvalue weighted by Gasteiger charge is -2.19. The Kier molecular flexibility index (Phi) is 7.25. The first-order valence-electron chi connectivity index (χ1n) is 4.14. The highest BCUT2D eigenvalue weighted by molar-refractivity contribution is 7.89. The van der Waals surface area contributed by atoms with E-state index in [0.717, 1.165) is 11.4 Å². The Balaban J connectivity index is 4.56. The van der Waals surface area contributed by atoms with E-state index in [2.05, 4.69) is 4.74 Å². The van der Waals surface area contributed by atoms with Crippen LogP contribution in [-0.4, -0.2) is 56.4 Å². The van der Waals surface area contributed by atoms with E-state index in [1.165, 1.54) is 0 Å². The van der Waals surface area contributed by atoms with E-state index >= 15 is 0 Å². The van der Waals surface area contributed by atoms with E-state index < -0.39 is 21.7 Å². The van der Waals surface area contributed by atoms with Gasteiger partial charge >= 0.3 is 5.97 Å². The molecule has 0 aromatic heterocycles. The van der Waals surface area contributed by atoms with Crippen LogP contribution >= 0.6 is 23.2 Å². The van der Waals surface area contributed by atoms with Crippen molar-refractivity contribution in [1.29, 1.82) is 0 Å². The lowest BCUT2D eigenvalue weighted by Crippen LogP contribution is -2.38. The van der Waals surface area contributed by atoms with Gasteiger partial charge in [-0.3, -0.25) is 4.79 Å². The number of hydrogen-bond donors (Lipinski definition) is 0. The van der Waals surface area contributed by atoms with Crippen molar-refractivity contribution in [1.82, 2.24) is 4.31 Å². The molecule has 0 bridgehead atoms. The zero-order valence-electron chi connectivity index (χ0n) is 8.28. The summed E-state index contributed by atoms with van der Waals surface area (Å²) < 4.78 is 28.5. The highest BCUT2D eigenvalue weighted by atomic mass is 35.5. The van der Waals surface area contributed by atoms with Crippen LogP contribution in [0.4, 0.5) is 0 Å². The number of hydrogen-bond acceptors (Lipinski definition) is 4. The molecule has 0 amide bonds. The Morgan fingerprint density at radius 1 is 1.27 bits per heavy atom. The van der Waals surface area contributed by atoms with E-state index in [-0.39, 0.29) is 24.8 Å². The molecule has 0 heterocycles. The van der Waals surface area contributed by atoms with Gasteiger partial charge in [-0.25, -0.2) is 8.42 Å². The largest absolute Gasteiger partial charge is 0.468 e. The molecule has 0 rings (SSSR count). The quantitative estimate of drug-likeness (QED) is 0.495. The van der Waals surface area contributed by atoms with Crippen molar-refractivity contribution >= 4 is 39.2 Å². The van der Waals surface area contributed by atoms with Crippen molar-refractivity contribution < 1.29 is 17.9 Å². The van der Waals surface area contributed by atoms with Crippen LogP contribution in [0.5, 0.6) is 0 Å². The van der Waals surface area contributed by atoms with Crippen molar-refractivity contribution in [3.63, 3.8) is 0 Å². The molecule has 15 heavy (non-hydrogen) atoms. The monoisotopic (exact) mass is 277 g/mol. The highest BCUT2D eigenvalue weighted by Gasteiger charge is 2.24. The van der Waals surface area contributed by atoms with Crippen LogP contribution in [0.25, 0.3) is 0 Å². The first-order valence-corrected chi connectivity index (χ1v) is 6.82. The van der Waals surface area contributed by atoms with E-state index in [0.29, 0.717) is 0 Å². The number of carbonyl (C=O) groups is 1. The lowest BCUT2D eigenvalue weighted by molar-refractivity contribution is -0.137. The molecule has 0 saturated heterocycles. The molecule has 0 spiro atoms. The van der Waals surface area contributed by atoms with E-state index in [1.54, 1.807) is 0 Å². The molecule has 0 atom stereocenters. The number of carbonyl (C=O) groups excluding carboxylic acids is 1. The van der Waals surface area contributed by atoms with Crippen LogP contribution in [0.2, 0.25) is 0 Å². The molecule has 0 aromatic rings. The van der Waals surface area contributed by atoms with Gasteiger partial charge in [-0.15, -0.1) is 23.2 Å². The number of halogens is 2. The molecular weight excluding hydrogens is 265 g/mol. The number of ether oxygens (including phenoxy) is 1. The van der Waals surface area contributed by atoms with Crippen LogP contribution in [-0.2, 0) is 19.6 Å². The number of nitrogens with zero attached hydrogens (tertiary/aromatic N) is 1. The summed E-state index contributed by atoms with van der Waals surface area (Å²) in [6.45, 7) is 0.265. The zero-order valence-corrected chi connectivity index (χ0v) is 10.6. The smallest absolute Gasteiger partial charge is 0.322 e. The summed E-state index contributed by atoms with van der Waals surface area (Å²) in [5.74, 6) is -1.18. The Hall–Kier alpha value is -0.0400. The molecule has 0 N–H and O–H groups in total. The van der Waals surface area contributed by atoms with Gasteiger partial charge in [0.1, 0.15) is 0 Å². The van der Waals surface area contributed by atoms with Crippen LogP contribution in [0.15, 0.2) is 0 Å². The van der Waals surface area contributed by atoms with E-state index in [9.17, 15) is 13.2 Å². The average Bonchev–Trinajstić information content (AvgIpc) is 2.16. The van der Waals surface area contributed by atoms with Gasteiger partial charge in [0.15, 0.2) is 5.75 Å². The standard InChI is InChI=1S/C7H13Cl2NO4S/c1-14-7(11)6-15(12,13)10(4-2-8)5-3-9/h2-6H2,1H3. The first kappa shape index (κ1) is 15.0. The fourth-order valence-corrected chi connectivity index (χ4v) is 2.82. The molecule has 8 heteroatoms. The molecule has 0 aromatic carbocycles. The maximum Gasteiger partial charge on any atom is 0.322 e. The minimum absolute atomic E-state index is 0.133. The van der Waals surface area contributed by atoms with Gasteiger partial charge in [0.2, 0.25) is 10.0 Å². The molecule has 0 saturated carbocycles. The highest BCUT2D eigenvalue weighted by Crippen LogP contribution is 2.03. The number of esters is 1. The molecule has 5 nitrogen and oxygen atoms in total. The second kappa shape index (κ2) is 7.27.